The monoisotopic (exact) mass is 343 g/mol. The Morgan fingerprint density at radius 1 is 1.12 bits per heavy atom. The summed E-state index contributed by atoms with van der Waals surface area (Å²) in [5, 5.41) is 0.583. The van der Waals surface area contributed by atoms with E-state index in [0.29, 0.717) is 28.3 Å². The maximum atomic E-state index is 12.3. The van der Waals surface area contributed by atoms with Gasteiger partial charge >= 0.3 is 5.97 Å². The molecule has 1 saturated heterocycles. The molecule has 0 aliphatic carbocycles. The highest BCUT2D eigenvalue weighted by Crippen LogP contribution is 2.27. The Morgan fingerprint density at radius 3 is 2.42 bits per heavy atom. The van der Waals surface area contributed by atoms with Crippen LogP contribution in [0.4, 0.5) is 5.69 Å². The number of benzene rings is 2. The summed E-state index contributed by atoms with van der Waals surface area (Å²) in [6.07, 6.45) is 0.819. The van der Waals surface area contributed by atoms with E-state index in [1.54, 1.807) is 53.4 Å². The fourth-order valence-electron chi connectivity index (χ4n) is 2.55. The number of hydrogen-bond donors (Lipinski definition) is 0. The van der Waals surface area contributed by atoms with Crippen LogP contribution in [0.25, 0.3) is 0 Å². The van der Waals surface area contributed by atoms with Crippen molar-refractivity contribution in [3.8, 4) is 5.75 Å². The minimum absolute atomic E-state index is 0.105. The lowest BCUT2D eigenvalue weighted by molar-refractivity contribution is -0.139. The summed E-state index contributed by atoms with van der Waals surface area (Å²) in [5.41, 5.74) is 1.20. The molecule has 0 radical (unpaired) electrons. The lowest BCUT2D eigenvalue weighted by Crippen LogP contribution is -2.27. The lowest BCUT2D eigenvalue weighted by atomic mass is 10.1. The fraction of sp³-hybridized carbons (Fsp3) is 0.167. The van der Waals surface area contributed by atoms with Crippen molar-refractivity contribution in [1.29, 1.82) is 0 Å². The molecule has 1 atom stereocenters. The van der Waals surface area contributed by atoms with E-state index in [4.69, 9.17) is 16.3 Å². The summed E-state index contributed by atoms with van der Waals surface area (Å²) < 4.78 is 5.29. The maximum Gasteiger partial charge on any atom is 0.316 e. The molecule has 1 amide bonds. The van der Waals surface area contributed by atoms with E-state index >= 15 is 0 Å². The molecule has 1 aliphatic rings. The molecular formula is C18H14ClNO4. The van der Waals surface area contributed by atoms with Gasteiger partial charge in [0.15, 0.2) is 0 Å². The van der Waals surface area contributed by atoms with Crippen molar-refractivity contribution >= 4 is 35.5 Å². The third-order valence-electron chi connectivity index (χ3n) is 3.83. The number of hydrogen-bond acceptors (Lipinski definition) is 4. The SMILES string of the molecule is O=Cc1ccc(OC(=O)[C@@H]2CC(=O)N(c3ccc(Cl)cc3)C2)cc1. The minimum atomic E-state index is -0.529. The zero-order valence-electron chi connectivity index (χ0n) is 12.6. The summed E-state index contributed by atoms with van der Waals surface area (Å²) in [4.78, 5) is 36.6. The number of amides is 1. The standard InChI is InChI=1S/C18H14ClNO4/c19-14-3-5-15(6-4-14)20-10-13(9-17(20)22)18(23)24-16-7-1-12(11-21)2-8-16/h1-8,11,13H,9-10H2/t13-/m1/s1. The maximum absolute atomic E-state index is 12.3. The molecule has 3 rings (SSSR count). The van der Waals surface area contributed by atoms with Crippen molar-refractivity contribution < 1.29 is 19.1 Å². The number of aldehydes is 1. The summed E-state index contributed by atoms with van der Waals surface area (Å²) in [6, 6.07) is 13.1. The Morgan fingerprint density at radius 2 is 1.79 bits per heavy atom. The van der Waals surface area contributed by atoms with Gasteiger partial charge in [-0.15, -0.1) is 0 Å². The molecule has 122 valence electrons. The van der Waals surface area contributed by atoms with Crippen LogP contribution in [0.15, 0.2) is 48.5 Å². The van der Waals surface area contributed by atoms with E-state index in [1.807, 2.05) is 0 Å². The van der Waals surface area contributed by atoms with Gasteiger partial charge in [-0.1, -0.05) is 11.6 Å². The van der Waals surface area contributed by atoms with E-state index < -0.39 is 11.9 Å². The average Bonchev–Trinajstić information content (AvgIpc) is 2.98. The van der Waals surface area contributed by atoms with E-state index in [1.165, 1.54) is 0 Å². The third-order valence-corrected chi connectivity index (χ3v) is 4.08. The van der Waals surface area contributed by atoms with Crippen LogP contribution in [0.1, 0.15) is 16.8 Å². The number of halogens is 1. The second-order valence-corrected chi connectivity index (χ2v) is 5.93. The Labute approximate surface area is 143 Å². The van der Waals surface area contributed by atoms with Gasteiger partial charge in [-0.2, -0.15) is 0 Å². The predicted molar refractivity (Wildman–Crippen MR) is 89.4 cm³/mol. The fourth-order valence-corrected chi connectivity index (χ4v) is 2.68. The molecule has 5 nitrogen and oxygen atoms in total. The first kappa shape index (κ1) is 16.2. The topological polar surface area (TPSA) is 63.7 Å². The molecule has 24 heavy (non-hydrogen) atoms. The summed E-state index contributed by atoms with van der Waals surface area (Å²) in [6.45, 7) is 0.270. The van der Waals surface area contributed by atoms with Crippen LogP contribution in [-0.4, -0.2) is 24.7 Å². The Bertz CT molecular complexity index is 771. The van der Waals surface area contributed by atoms with Crippen LogP contribution in [0.5, 0.6) is 5.75 Å². The summed E-state index contributed by atoms with van der Waals surface area (Å²) in [7, 11) is 0. The number of nitrogens with zero attached hydrogens (tertiary/aromatic N) is 1. The van der Waals surface area contributed by atoms with Gasteiger partial charge in [0.05, 0.1) is 5.92 Å². The first-order chi connectivity index (χ1) is 11.6. The first-order valence-corrected chi connectivity index (χ1v) is 7.77. The molecule has 2 aromatic carbocycles. The van der Waals surface area contributed by atoms with E-state index in [0.717, 1.165) is 0 Å². The molecule has 0 unspecified atom stereocenters. The molecule has 1 fully saturated rings. The van der Waals surface area contributed by atoms with Gasteiger partial charge in [0, 0.05) is 29.2 Å². The first-order valence-electron chi connectivity index (χ1n) is 7.39. The van der Waals surface area contributed by atoms with Crippen LogP contribution in [0, 0.1) is 5.92 Å². The highest BCUT2D eigenvalue weighted by molar-refractivity contribution is 6.30. The molecule has 6 heteroatoms. The van der Waals surface area contributed by atoms with Gasteiger partial charge in [-0.05, 0) is 48.5 Å². The zero-order valence-corrected chi connectivity index (χ0v) is 13.4. The summed E-state index contributed by atoms with van der Waals surface area (Å²) >= 11 is 5.85. The van der Waals surface area contributed by atoms with Crippen molar-refractivity contribution in [3.05, 3.63) is 59.1 Å². The highest BCUT2D eigenvalue weighted by Gasteiger charge is 2.36. The zero-order chi connectivity index (χ0) is 17.1. The van der Waals surface area contributed by atoms with Gasteiger partial charge in [-0.25, -0.2) is 0 Å². The number of carbonyl (C=O) groups is 3. The predicted octanol–water partition coefficient (Wildman–Crippen LogP) is 3.11. The quantitative estimate of drug-likeness (QED) is 0.486. The van der Waals surface area contributed by atoms with Gasteiger partial charge in [0.1, 0.15) is 12.0 Å². The largest absolute Gasteiger partial charge is 0.426 e. The smallest absolute Gasteiger partial charge is 0.316 e. The minimum Gasteiger partial charge on any atom is -0.426 e. The van der Waals surface area contributed by atoms with E-state index in [2.05, 4.69) is 0 Å². The molecule has 1 aliphatic heterocycles. The second kappa shape index (κ2) is 6.84. The average molecular weight is 344 g/mol. The molecular weight excluding hydrogens is 330 g/mol. The van der Waals surface area contributed by atoms with Crippen LogP contribution in [0.2, 0.25) is 5.02 Å². The van der Waals surface area contributed by atoms with E-state index in [9.17, 15) is 14.4 Å². The third kappa shape index (κ3) is 3.46. The Kier molecular flexibility index (Phi) is 4.62. The van der Waals surface area contributed by atoms with Crippen LogP contribution in [-0.2, 0) is 9.59 Å². The van der Waals surface area contributed by atoms with Crippen molar-refractivity contribution in [2.24, 2.45) is 5.92 Å². The van der Waals surface area contributed by atoms with Gasteiger partial charge < -0.3 is 9.64 Å². The Hall–Kier alpha value is -2.66. The van der Waals surface area contributed by atoms with Crippen molar-refractivity contribution in [2.75, 3.05) is 11.4 Å². The lowest BCUT2D eigenvalue weighted by Gasteiger charge is -2.16. The molecule has 0 spiro atoms. The highest BCUT2D eigenvalue weighted by atomic mass is 35.5. The molecule has 0 bridgehead atoms. The number of esters is 1. The van der Waals surface area contributed by atoms with Crippen LogP contribution < -0.4 is 9.64 Å². The number of carbonyl (C=O) groups excluding carboxylic acids is 3. The van der Waals surface area contributed by atoms with Gasteiger partial charge in [-0.3, -0.25) is 14.4 Å². The number of rotatable bonds is 4. The van der Waals surface area contributed by atoms with Crippen molar-refractivity contribution in [2.45, 2.75) is 6.42 Å². The van der Waals surface area contributed by atoms with Gasteiger partial charge in [0.2, 0.25) is 5.91 Å². The molecule has 1 heterocycles. The molecule has 0 N–H and O–H groups in total. The van der Waals surface area contributed by atoms with Gasteiger partial charge in [0.25, 0.3) is 0 Å². The van der Waals surface area contributed by atoms with Crippen molar-refractivity contribution in [1.82, 2.24) is 0 Å². The second-order valence-electron chi connectivity index (χ2n) is 5.49. The van der Waals surface area contributed by atoms with Crippen molar-refractivity contribution in [3.63, 3.8) is 0 Å². The Balaban J connectivity index is 1.67. The molecule has 0 aromatic heterocycles. The number of ether oxygens (including phenoxy) is 1. The molecule has 2 aromatic rings. The number of anilines is 1. The summed E-state index contributed by atoms with van der Waals surface area (Å²) in [5.74, 6) is -0.767. The molecule has 0 saturated carbocycles. The normalized spacial score (nSPS) is 17.0. The van der Waals surface area contributed by atoms with Crippen LogP contribution in [0.3, 0.4) is 0 Å². The van der Waals surface area contributed by atoms with Crippen LogP contribution >= 0.6 is 11.6 Å². The van der Waals surface area contributed by atoms with E-state index in [-0.39, 0.29) is 18.9 Å².